The Balaban J connectivity index is 2.09. The zero-order chi connectivity index (χ0) is 14.5. The van der Waals surface area contributed by atoms with Gasteiger partial charge < -0.3 is 10.6 Å². The second-order valence-electron chi connectivity index (χ2n) is 4.75. The summed E-state index contributed by atoms with van der Waals surface area (Å²) in [5, 5.41) is 8.64. The SMILES string of the molecule is CNC(C)CNC(=O)c1csc(-c2ccccc2C)n1. The maximum Gasteiger partial charge on any atom is 0.270 e. The van der Waals surface area contributed by atoms with Crippen molar-refractivity contribution in [2.75, 3.05) is 13.6 Å². The normalized spacial score (nSPS) is 12.2. The van der Waals surface area contributed by atoms with E-state index in [-0.39, 0.29) is 11.9 Å². The van der Waals surface area contributed by atoms with Gasteiger partial charge in [0.1, 0.15) is 10.7 Å². The summed E-state index contributed by atoms with van der Waals surface area (Å²) in [4.78, 5) is 16.4. The van der Waals surface area contributed by atoms with Crippen LogP contribution in [-0.2, 0) is 0 Å². The molecule has 0 saturated heterocycles. The van der Waals surface area contributed by atoms with Gasteiger partial charge in [0, 0.05) is 23.5 Å². The molecule has 0 aliphatic carbocycles. The fraction of sp³-hybridized carbons (Fsp3) is 0.333. The molecule has 106 valence electrons. The highest BCUT2D eigenvalue weighted by Crippen LogP contribution is 2.26. The molecule has 0 fully saturated rings. The Hall–Kier alpha value is -1.72. The number of aryl methyl sites for hydroxylation is 1. The number of carbonyl (C=O) groups is 1. The zero-order valence-electron chi connectivity index (χ0n) is 11.9. The highest BCUT2D eigenvalue weighted by atomic mass is 32.1. The van der Waals surface area contributed by atoms with Crippen LogP contribution in [0.3, 0.4) is 0 Å². The van der Waals surface area contributed by atoms with Gasteiger partial charge in [0.15, 0.2) is 0 Å². The largest absolute Gasteiger partial charge is 0.349 e. The van der Waals surface area contributed by atoms with Gasteiger partial charge >= 0.3 is 0 Å². The lowest BCUT2D eigenvalue weighted by molar-refractivity contribution is 0.0946. The van der Waals surface area contributed by atoms with Crippen molar-refractivity contribution < 1.29 is 4.79 Å². The molecule has 0 spiro atoms. The molecule has 0 saturated carbocycles. The van der Waals surface area contributed by atoms with Gasteiger partial charge in [-0.3, -0.25) is 4.79 Å². The van der Waals surface area contributed by atoms with Gasteiger partial charge in [-0.05, 0) is 26.5 Å². The first-order chi connectivity index (χ1) is 9.61. The minimum absolute atomic E-state index is 0.122. The summed E-state index contributed by atoms with van der Waals surface area (Å²) in [6.45, 7) is 4.65. The van der Waals surface area contributed by atoms with Crippen molar-refractivity contribution in [2.24, 2.45) is 0 Å². The third-order valence-corrected chi connectivity index (χ3v) is 4.05. The summed E-state index contributed by atoms with van der Waals surface area (Å²) < 4.78 is 0. The van der Waals surface area contributed by atoms with Crippen LogP contribution in [0.15, 0.2) is 29.6 Å². The van der Waals surface area contributed by atoms with E-state index in [4.69, 9.17) is 0 Å². The highest BCUT2D eigenvalue weighted by molar-refractivity contribution is 7.13. The van der Waals surface area contributed by atoms with E-state index in [0.29, 0.717) is 12.2 Å². The second-order valence-corrected chi connectivity index (χ2v) is 5.61. The number of hydrogen-bond donors (Lipinski definition) is 2. The molecule has 1 aromatic carbocycles. The standard InChI is InChI=1S/C15H19N3OS/c1-10-6-4-5-7-12(10)15-18-13(9-20-15)14(19)17-8-11(2)16-3/h4-7,9,11,16H,8H2,1-3H3,(H,17,19). The summed E-state index contributed by atoms with van der Waals surface area (Å²) in [7, 11) is 1.87. The van der Waals surface area contributed by atoms with E-state index in [9.17, 15) is 4.79 Å². The Morgan fingerprint density at radius 1 is 1.40 bits per heavy atom. The first-order valence-corrected chi connectivity index (χ1v) is 7.46. The number of nitrogens with one attached hydrogen (secondary N) is 2. The van der Waals surface area contributed by atoms with Gasteiger partial charge in [0.25, 0.3) is 5.91 Å². The van der Waals surface area contributed by atoms with E-state index in [1.165, 1.54) is 11.3 Å². The summed E-state index contributed by atoms with van der Waals surface area (Å²) in [6.07, 6.45) is 0. The predicted octanol–water partition coefficient (Wildman–Crippen LogP) is 2.46. The Bertz CT molecular complexity index is 594. The topological polar surface area (TPSA) is 54.0 Å². The summed E-state index contributed by atoms with van der Waals surface area (Å²) >= 11 is 1.50. The lowest BCUT2D eigenvalue weighted by Gasteiger charge is -2.10. The number of amides is 1. The molecule has 0 aliphatic rings. The molecule has 2 N–H and O–H groups in total. The molecular weight excluding hydrogens is 270 g/mol. The zero-order valence-corrected chi connectivity index (χ0v) is 12.8. The molecule has 1 heterocycles. The number of rotatable bonds is 5. The molecule has 4 nitrogen and oxygen atoms in total. The smallest absolute Gasteiger partial charge is 0.270 e. The summed E-state index contributed by atoms with van der Waals surface area (Å²) in [6, 6.07) is 8.30. The number of nitrogens with zero attached hydrogens (tertiary/aromatic N) is 1. The molecule has 0 aliphatic heterocycles. The number of hydrogen-bond acceptors (Lipinski definition) is 4. The lowest BCUT2D eigenvalue weighted by atomic mass is 10.1. The molecular formula is C15H19N3OS. The van der Waals surface area contributed by atoms with Crippen LogP contribution < -0.4 is 10.6 Å². The van der Waals surface area contributed by atoms with Gasteiger partial charge in [-0.15, -0.1) is 11.3 Å². The van der Waals surface area contributed by atoms with Crippen LogP contribution in [0.4, 0.5) is 0 Å². The molecule has 20 heavy (non-hydrogen) atoms. The quantitative estimate of drug-likeness (QED) is 0.889. The molecule has 1 unspecified atom stereocenters. The van der Waals surface area contributed by atoms with E-state index in [2.05, 4.69) is 15.6 Å². The van der Waals surface area contributed by atoms with E-state index >= 15 is 0 Å². The fourth-order valence-corrected chi connectivity index (χ4v) is 2.64. The van der Waals surface area contributed by atoms with Gasteiger partial charge in [0.2, 0.25) is 0 Å². The van der Waals surface area contributed by atoms with E-state index < -0.39 is 0 Å². The van der Waals surface area contributed by atoms with Crippen LogP contribution in [0.1, 0.15) is 23.0 Å². The Labute approximate surface area is 123 Å². The van der Waals surface area contributed by atoms with Gasteiger partial charge in [-0.1, -0.05) is 24.3 Å². The van der Waals surface area contributed by atoms with Crippen LogP contribution in [0.2, 0.25) is 0 Å². The minimum Gasteiger partial charge on any atom is -0.349 e. The Kier molecular flexibility index (Phi) is 4.87. The second kappa shape index (κ2) is 6.63. The van der Waals surface area contributed by atoms with Gasteiger partial charge in [-0.25, -0.2) is 4.98 Å². The fourth-order valence-electron chi connectivity index (χ4n) is 1.75. The van der Waals surface area contributed by atoms with Crippen molar-refractivity contribution in [1.82, 2.24) is 15.6 Å². The van der Waals surface area contributed by atoms with Gasteiger partial charge in [0.05, 0.1) is 0 Å². The Morgan fingerprint density at radius 3 is 2.85 bits per heavy atom. The molecule has 1 aromatic heterocycles. The molecule has 2 aromatic rings. The number of benzene rings is 1. The Morgan fingerprint density at radius 2 is 2.15 bits per heavy atom. The van der Waals surface area contributed by atoms with Crippen molar-refractivity contribution in [3.05, 3.63) is 40.9 Å². The van der Waals surface area contributed by atoms with Crippen LogP contribution in [0.5, 0.6) is 0 Å². The van der Waals surface area contributed by atoms with Gasteiger partial charge in [-0.2, -0.15) is 0 Å². The number of thiazole rings is 1. The maximum atomic E-state index is 12.0. The van der Waals surface area contributed by atoms with Crippen LogP contribution in [0.25, 0.3) is 10.6 Å². The molecule has 0 radical (unpaired) electrons. The van der Waals surface area contributed by atoms with E-state index in [1.54, 1.807) is 5.38 Å². The van der Waals surface area contributed by atoms with E-state index in [0.717, 1.165) is 16.1 Å². The predicted molar refractivity (Wildman–Crippen MR) is 83.1 cm³/mol. The van der Waals surface area contributed by atoms with Crippen LogP contribution in [-0.4, -0.2) is 30.5 Å². The molecule has 5 heteroatoms. The van der Waals surface area contributed by atoms with Crippen molar-refractivity contribution in [2.45, 2.75) is 19.9 Å². The van der Waals surface area contributed by atoms with Crippen molar-refractivity contribution in [1.29, 1.82) is 0 Å². The van der Waals surface area contributed by atoms with Crippen molar-refractivity contribution in [3.8, 4) is 10.6 Å². The molecule has 1 amide bonds. The third-order valence-electron chi connectivity index (χ3n) is 3.17. The lowest BCUT2D eigenvalue weighted by Crippen LogP contribution is -2.37. The average molecular weight is 289 g/mol. The van der Waals surface area contributed by atoms with E-state index in [1.807, 2.05) is 45.2 Å². The van der Waals surface area contributed by atoms with Crippen LogP contribution in [0, 0.1) is 6.92 Å². The van der Waals surface area contributed by atoms with Crippen molar-refractivity contribution in [3.63, 3.8) is 0 Å². The molecule has 2 rings (SSSR count). The monoisotopic (exact) mass is 289 g/mol. The highest BCUT2D eigenvalue weighted by Gasteiger charge is 2.13. The first kappa shape index (κ1) is 14.7. The maximum absolute atomic E-state index is 12.0. The minimum atomic E-state index is -0.122. The third kappa shape index (κ3) is 3.43. The first-order valence-electron chi connectivity index (χ1n) is 6.59. The number of aromatic nitrogens is 1. The number of carbonyl (C=O) groups excluding carboxylic acids is 1. The summed E-state index contributed by atoms with van der Waals surface area (Å²) in [5.41, 5.74) is 2.73. The molecule has 1 atom stereocenters. The van der Waals surface area contributed by atoms with Crippen LogP contribution >= 0.6 is 11.3 Å². The molecule has 0 bridgehead atoms. The van der Waals surface area contributed by atoms with Crippen molar-refractivity contribution >= 4 is 17.2 Å². The number of likely N-dealkylation sites (N-methyl/N-ethyl adjacent to an activating group) is 1. The average Bonchev–Trinajstić information content (AvgIpc) is 2.94. The summed E-state index contributed by atoms with van der Waals surface area (Å²) in [5.74, 6) is -0.122.